The molecule has 1 saturated heterocycles. The topological polar surface area (TPSA) is 77.8 Å². The summed E-state index contributed by atoms with van der Waals surface area (Å²) >= 11 is 0. The first-order valence-corrected chi connectivity index (χ1v) is 9.53. The molecule has 22 heavy (non-hydrogen) atoms. The van der Waals surface area contributed by atoms with E-state index in [2.05, 4.69) is 35.2 Å². The van der Waals surface area contributed by atoms with Crippen LogP contribution in [-0.4, -0.2) is 48.9 Å². The molecular weight excluding hydrogens is 302 g/mol. The van der Waals surface area contributed by atoms with Gasteiger partial charge in [-0.1, -0.05) is 30.3 Å². The summed E-state index contributed by atoms with van der Waals surface area (Å²) < 4.78 is 25.9. The van der Waals surface area contributed by atoms with Crippen LogP contribution in [0.3, 0.4) is 0 Å². The Bertz CT molecular complexity index is 488. The maximum absolute atomic E-state index is 9.19. The third-order valence-electron chi connectivity index (χ3n) is 3.73. The highest BCUT2D eigenvalue weighted by molar-refractivity contribution is 7.85. The van der Waals surface area contributed by atoms with E-state index in [0.29, 0.717) is 12.9 Å². The number of likely N-dealkylation sites (tertiary alicyclic amines) is 1. The zero-order chi connectivity index (χ0) is 16.4. The summed E-state index contributed by atoms with van der Waals surface area (Å²) in [5.74, 6) is 0.842. The summed E-state index contributed by atoms with van der Waals surface area (Å²) in [6.07, 6.45) is 5.49. The van der Waals surface area contributed by atoms with E-state index in [-0.39, 0.29) is 0 Å². The van der Waals surface area contributed by atoms with Gasteiger partial charge in [-0.25, -0.2) is 0 Å². The van der Waals surface area contributed by atoms with Crippen molar-refractivity contribution in [3.05, 3.63) is 35.9 Å². The van der Waals surface area contributed by atoms with Crippen LogP contribution in [0.1, 0.15) is 31.2 Å². The Morgan fingerprint density at radius 2 is 1.73 bits per heavy atom. The number of benzene rings is 1. The Morgan fingerprint density at radius 3 is 2.23 bits per heavy atom. The van der Waals surface area contributed by atoms with Gasteiger partial charge in [-0.2, -0.15) is 8.42 Å². The molecule has 1 heterocycles. The van der Waals surface area contributed by atoms with Gasteiger partial charge in [0.15, 0.2) is 0 Å². The predicted octanol–water partition coefficient (Wildman–Crippen LogP) is 2.18. The fraction of sp³-hybridized carbons (Fsp3) is 0.625. The second-order valence-corrected chi connectivity index (χ2v) is 7.27. The van der Waals surface area contributed by atoms with Crippen molar-refractivity contribution >= 4 is 10.1 Å². The number of aliphatic hydroxyl groups excluding tert-OH is 1. The summed E-state index contributed by atoms with van der Waals surface area (Å²) in [5, 5.41) is 8.83. The lowest BCUT2D eigenvalue weighted by atomic mass is 9.92. The highest BCUT2D eigenvalue weighted by atomic mass is 32.2. The average molecular weight is 329 g/mol. The van der Waals surface area contributed by atoms with E-state index >= 15 is 0 Å². The average Bonchev–Trinajstić information content (AvgIpc) is 2.46. The van der Waals surface area contributed by atoms with Crippen LogP contribution in [0.2, 0.25) is 0 Å². The third kappa shape index (κ3) is 9.89. The van der Waals surface area contributed by atoms with Crippen LogP contribution >= 0.6 is 0 Å². The van der Waals surface area contributed by atoms with Gasteiger partial charge in [0.25, 0.3) is 10.1 Å². The van der Waals surface area contributed by atoms with Crippen LogP contribution in [0.4, 0.5) is 0 Å². The Balaban J connectivity index is 0.000000422. The van der Waals surface area contributed by atoms with Crippen LogP contribution in [0.25, 0.3) is 0 Å². The fourth-order valence-corrected chi connectivity index (χ4v) is 2.65. The minimum Gasteiger partial charge on any atom is -0.396 e. The highest BCUT2D eigenvalue weighted by Gasteiger charge is 2.18. The van der Waals surface area contributed by atoms with E-state index < -0.39 is 10.1 Å². The van der Waals surface area contributed by atoms with E-state index in [4.69, 9.17) is 9.66 Å². The molecule has 5 nitrogen and oxygen atoms in total. The van der Waals surface area contributed by atoms with E-state index in [0.717, 1.165) is 18.9 Å². The number of hydrogen-bond acceptors (Lipinski definition) is 4. The van der Waals surface area contributed by atoms with Crippen LogP contribution in [-0.2, 0) is 16.7 Å². The van der Waals surface area contributed by atoms with E-state index in [9.17, 15) is 8.42 Å². The van der Waals surface area contributed by atoms with Crippen LogP contribution in [0, 0.1) is 5.92 Å². The number of hydrogen-bond donors (Lipinski definition) is 2. The monoisotopic (exact) mass is 329 g/mol. The lowest BCUT2D eigenvalue weighted by Crippen LogP contribution is -2.33. The zero-order valence-corrected chi connectivity index (χ0v) is 14.0. The summed E-state index contributed by atoms with van der Waals surface area (Å²) in [7, 11) is -3.67. The van der Waals surface area contributed by atoms with Crippen molar-refractivity contribution in [2.45, 2.75) is 32.2 Å². The molecule has 2 rings (SSSR count). The van der Waals surface area contributed by atoms with Gasteiger partial charge in [0, 0.05) is 13.2 Å². The van der Waals surface area contributed by atoms with Gasteiger partial charge in [-0.3, -0.25) is 9.45 Å². The summed E-state index contributed by atoms with van der Waals surface area (Å²) in [4.78, 5) is 2.55. The molecule has 6 heteroatoms. The second kappa shape index (κ2) is 9.94. The molecule has 0 spiro atoms. The van der Waals surface area contributed by atoms with Gasteiger partial charge in [-0.15, -0.1) is 0 Å². The minimum atomic E-state index is -3.67. The molecule has 0 aromatic heterocycles. The quantitative estimate of drug-likeness (QED) is 0.810. The van der Waals surface area contributed by atoms with Crippen LogP contribution in [0.5, 0.6) is 0 Å². The molecule has 1 fully saturated rings. The van der Waals surface area contributed by atoms with Crippen molar-refractivity contribution in [2.75, 3.05) is 26.0 Å². The highest BCUT2D eigenvalue weighted by Crippen LogP contribution is 2.22. The normalized spacial score (nSPS) is 16.9. The molecule has 0 bridgehead atoms. The lowest BCUT2D eigenvalue weighted by molar-refractivity contribution is 0.164. The van der Waals surface area contributed by atoms with Gasteiger partial charge < -0.3 is 5.11 Å². The molecule has 1 aromatic carbocycles. The first-order chi connectivity index (χ1) is 10.4. The molecule has 1 aliphatic heterocycles. The SMILES string of the molecule is CS(=O)(=O)O.OCCCC1CCN(Cc2ccccc2)CC1. The molecule has 1 aliphatic rings. The third-order valence-corrected chi connectivity index (χ3v) is 3.73. The van der Waals surface area contributed by atoms with Crippen LogP contribution < -0.4 is 0 Å². The number of rotatable bonds is 5. The summed E-state index contributed by atoms with van der Waals surface area (Å²) in [6.45, 7) is 3.87. The van der Waals surface area contributed by atoms with Gasteiger partial charge in [-0.05, 0) is 50.3 Å². The molecule has 2 N–H and O–H groups in total. The predicted molar refractivity (Wildman–Crippen MR) is 88.2 cm³/mol. The Kier molecular flexibility index (Phi) is 8.63. The van der Waals surface area contributed by atoms with Crippen molar-refractivity contribution in [3.63, 3.8) is 0 Å². The second-order valence-electron chi connectivity index (χ2n) is 5.80. The van der Waals surface area contributed by atoms with Crippen molar-refractivity contribution < 1.29 is 18.1 Å². The van der Waals surface area contributed by atoms with Crippen LogP contribution in [0.15, 0.2) is 30.3 Å². The van der Waals surface area contributed by atoms with Crippen molar-refractivity contribution in [3.8, 4) is 0 Å². The van der Waals surface area contributed by atoms with E-state index in [1.165, 1.54) is 37.9 Å². The van der Waals surface area contributed by atoms with Gasteiger partial charge >= 0.3 is 0 Å². The number of aliphatic hydroxyl groups is 1. The molecule has 126 valence electrons. The number of piperidine rings is 1. The Labute approximate surface area is 133 Å². The molecule has 0 saturated carbocycles. The van der Waals surface area contributed by atoms with Gasteiger partial charge in [0.1, 0.15) is 0 Å². The summed E-state index contributed by atoms with van der Waals surface area (Å²) in [6, 6.07) is 10.7. The maximum atomic E-state index is 9.19. The molecule has 1 aromatic rings. The fourth-order valence-electron chi connectivity index (χ4n) is 2.65. The molecule has 0 aliphatic carbocycles. The van der Waals surface area contributed by atoms with Gasteiger partial charge in [0.2, 0.25) is 0 Å². The Morgan fingerprint density at radius 1 is 1.18 bits per heavy atom. The summed E-state index contributed by atoms with van der Waals surface area (Å²) in [5.41, 5.74) is 1.42. The molecular formula is C16H27NO4S. The van der Waals surface area contributed by atoms with E-state index in [1.54, 1.807) is 0 Å². The maximum Gasteiger partial charge on any atom is 0.261 e. The van der Waals surface area contributed by atoms with Crippen molar-refractivity contribution in [2.24, 2.45) is 5.92 Å². The van der Waals surface area contributed by atoms with Gasteiger partial charge in [0.05, 0.1) is 6.26 Å². The smallest absolute Gasteiger partial charge is 0.261 e. The van der Waals surface area contributed by atoms with Crippen molar-refractivity contribution in [1.82, 2.24) is 4.90 Å². The zero-order valence-electron chi connectivity index (χ0n) is 13.2. The lowest BCUT2D eigenvalue weighted by Gasteiger charge is -2.31. The van der Waals surface area contributed by atoms with Crippen molar-refractivity contribution in [1.29, 1.82) is 0 Å². The first kappa shape index (κ1) is 19.1. The molecule has 0 unspecified atom stereocenters. The molecule has 0 radical (unpaired) electrons. The molecule has 0 atom stereocenters. The molecule has 0 amide bonds. The standard InChI is InChI=1S/C15H23NO.CH4O3S/c17-12-4-7-14-8-10-16(11-9-14)13-15-5-2-1-3-6-15;1-5(2,3)4/h1-3,5-6,14,17H,4,7-13H2;1H3,(H,2,3,4). The first-order valence-electron chi connectivity index (χ1n) is 7.68. The Hall–Kier alpha value is -0.950. The van der Waals surface area contributed by atoms with E-state index in [1.807, 2.05) is 0 Å². The number of nitrogens with zero attached hydrogens (tertiary/aromatic N) is 1. The minimum absolute atomic E-state index is 0.351. The largest absolute Gasteiger partial charge is 0.396 e.